The van der Waals surface area contributed by atoms with Gasteiger partial charge in [0, 0.05) is 62.0 Å². The zero-order chi connectivity index (χ0) is 24.8. The molecule has 2 aromatic carbocycles. The summed E-state index contributed by atoms with van der Waals surface area (Å²) >= 11 is 0. The molecule has 0 spiro atoms. The molecule has 0 amide bonds. The lowest BCUT2D eigenvalue weighted by atomic mass is 10.0. The van der Waals surface area contributed by atoms with Crippen LogP contribution in [-0.2, 0) is 12.8 Å². The van der Waals surface area contributed by atoms with Crippen LogP contribution in [0.5, 0.6) is 17.2 Å². The molecule has 0 saturated carbocycles. The maximum absolute atomic E-state index is 14.6. The highest BCUT2D eigenvalue weighted by Crippen LogP contribution is 2.33. The number of anilines is 3. The third-order valence-corrected chi connectivity index (χ3v) is 5.93. The molecule has 1 aromatic heterocycles. The number of methoxy groups -OCH3 is 3. The van der Waals surface area contributed by atoms with E-state index in [1.54, 1.807) is 19.5 Å². The molecule has 1 aliphatic heterocycles. The average molecular weight is 486 g/mol. The topological polar surface area (TPSA) is 80.8 Å². The average Bonchev–Trinajstić information content (AvgIpc) is 2.90. The minimum Gasteiger partial charge on any atom is -0.495 e. The van der Waals surface area contributed by atoms with Crippen molar-refractivity contribution in [1.29, 1.82) is 0 Å². The van der Waals surface area contributed by atoms with Gasteiger partial charge in [-0.15, -0.1) is 0 Å². The van der Waals surface area contributed by atoms with Gasteiger partial charge in [-0.05, 0) is 30.5 Å². The molecule has 3 aromatic rings. The highest BCUT2D eigenvalue weighted by Gasteiger charge is 2.20. The second-order valence-electron chi connectivity index (χ2n) is 8.05. The summed E-state index contributed by atoms with van der Waals surface area (Å²) < 4.78 is 44.8. The Morgan fingerprint density at radius 3 is 2.11 bits per heavy atom. The fourth-order valence-electron chi connectivity index (χ4n) is 4.03. The Bertz CT molecular complexity index is 1130. The van der Waals surface area contributed by atoms with Gasteiger partial charge in [-0.3, -0.25) is 0 Å². The molecule has 0 radical (unpaired) electrons. The Morgan fingerprint density at radius 1 is 0.886 bits per heavy atom. The number of halogens is 2. The van der Waals surface area contributed by atoms with Gasteiger partial charge in [-0.2, -0.15) is 0 Å². The van der Waals surface area contributed by atoms with Gasteiger partial charge < -0.3 is 29.7 Å². The maximum atomic E-state index is 14.6. The molecule has 186 valence electrons. The van der Waals surface area contributed by atoms with Crippen LogP contribution in [0, 0.1) is 11.6 Å². The first-order valence-electron chi connectivity index (χ1n) is 11.3. The molecule has 0 unspecified atom stereocenters. The number of hydrogen-bond donors (Lipinski definition) is 2. The second kappa shape index (κ2) is 11.2. The summed E-state index contributed by atoms with van der Waals surface area (Å²) in [5.74, 6) is -0.413. The maximum Gasteiger partial charge on any atom is 0.227 e. The van der Waals surface area contributed by atoms with Crippen LogP contribution in [0.1, 0.15) is 11.1 Å². The van der Waals surface area contributed by atoms with Crippen LogP contribution in [0.3, 0.4) is 0 Å². The van der Waals surface area contributed by atoms with E-state index in [9.17, 15) is 8.78 Å². The second-order valence-corrected chi connectivity index (χ2v) is 8.05. The highest BCUT2D eigenvalue weighted by molar-refractivity contribution is 5.67. The van der Waals surface area contributed by atoms with Gasteiger partial charge in [0.05, 0.1) is 27.0 Å². The molecule has 2 heterocycles. The molecular formula is C25H29F2N5O3. The van der Waals surface area contributed by atoms with Crippen molar-refractivity contribution in [2.45, 2.75) is 12.8 Å². The summed E-state index contributed by atoms with van der Waals surface area (Å²) in [6.45, 7) is 3.72. The van der Waals surface area contributed by atoms with Crippen molar-refractivity contribution in [3.8, 4) is 17.2 Å². The SMILES string of the molecule is COc1cc(Nc2ncc(CCc3c(F)c(OC)cc(OC)c3F)cn2)ccc1N1CCNCC1. The summed E-state index contributed by atoms with van der Waals surface area (Å²) in [6.07, 6.45) is 3.72. The Hall–Kier alpha value is -3.66. The molecule has 35 heavy (non-hydrogen) atoms. The Kier molecular flexibility index (Phi) is 7.81. The van der Waals surface area contributed by atoms with Crippen molar-refractivity contribution in [2.75, 3.05) is 57.7 Å². The van der Waals surface area contributed by atoms with E-state index in [0.29, 0.717) is 12.4 Å². The normalized spacial score (nSPS) is 13.5. The third kappa shape index (κ3) is 5.54. The van der Waals surface area contributed by atoms with E-state index in [1.807, 2.05) is 18.2 Å². The number of nitrogens with one attached hydrogen (secondary N) is 2. The van der Waals surface area contributed by atoms with Gasteiger partial charge in [0.1, 0.15) is 5.75 Å². The number of ether oxygens (including phenoxy) is 3. The lowest BCUT2D eigenvalue weighted by Gasteiger charge is -2.30. The van der Waals surface area contributed by atoms with E-state index in [-0.39, 0.29) is 23.5 Å². The van der Waals surface area contributed by atoms with E-state index in [4.69, 9.17) is 14.2 Å². The smallest absolute Gasteiger partial charge is 0.227 e. The van der Waals surface area contributed by atoms with Crippen molar-refractivity contribution in [3.05, 3.63) is 59.4 Å². The van der Waals surface area contributed by atoms with Gasteiger partial charge >= 0.3 is 0 Å². The molecule has 1 aliphatic rings. The monoisotopic (exact) mass is 485 g/mol. The zero-order valence-corrected chi connectivity index (χ0v) is 20.0. The van der Waals surface area contributed by atoms with E-state index >= 15 is 0 Å². The number of hydrogen-bond acceptors (Lipinski definition) is 8. The van der Waals surface area contributed by atoms with Crippen molar-refractivity contribution < 1.29 is 23.0 Å². The first kappa shape index (κ1) is 24.5. The molecule has 0 aliphatic carbocycles. The predicted molar refractivity (Wildman–Crippen MR) is 130 cm³/mol. The van der Waals surface area contributed by atoms with Crippen molar-refractivity contribution >= 4 is 17.3 Å². The highest BCUT2D eigenvalue weighted by atomic mass is 19.1. The Labute approximate surface area is 203 Å². The van der Waals surface area contributed by atoms with E-state index in [2.05, 4.69) is 25.5 Å². The lowest BCUT2D eigenvalue weighted by molar-refractivity contribution is 0.353. The van der Waals surface area contributed by atoms with Gasteiger partial charge in [0.2, 0.25) is 5.95 Å². The Morgan fingerprint density at radius 2 is 1.51 bits per heavy atom. The first-order chi connectivity index (χ1) is 17.0. The molecular weight excluding hydrogens is 456 g/mol. The van der Waals surface area contributed by atoms with Crippen molar-refractivity contribution in [1.82, 2.24) is 15.3 Å². The third-order valence-electron chi connectivity index (χ3n) is 5.93. The molecule has 10 heteroatoms. The van der Waals surface area contributed by atoms with Gasteiger partial charge in [-0.25, -0.2) is 18.7 Å². The molecule has 0 atom stereocenters. The van der Waals surface area contributed by atoms with Crippen molar-refractivity contribution in [2.24, 2.45) is 0 Å². The summed E-state index contributed by atoms with van der Waals surface area (Å²) in [4.78, 5) is 11.0. The quantitative estimate of drug-likeness (QED) is 0.475. The van der Waals surface area contributed by atoms with Crippen LogP contribution in [-0.4, -0.2) is 57.5 Å². The standard InChI is InChI=1S/C25H29F2N5O3/c1-33-20-12-17(5-7-19(20)32-10-8-28-9-11-32)31-25-29-14-16(15-30-25)4-6-18-23(26)21(34-2)13-22(35-3)24(18)27/h5,7,12-15,28H,4,6,8-11H2,1-3H3,(H,29,30,31). The fraction of sp³-hybridized carbons (Fsp3) is 0.360. The van der Waals surface area contributed by atoms with Crippen LogP contribution in [0.15, 0.2) is 36.7 Å². The predicted octanol–water partition coefficient (Wildman–Crippen LogP) is 3.72. The molecule has 1 fully saturated rings. The van der Waals surface area contributed by atoms with Crippen LogP contribution in [0.4, 0.5) is 26.1 Å². The number of aromatic nitrogens is 2. The summed E-state index contributed by atoms with van der Waals surface area (Å²) in [5, 5.41) is 6.52. The minimum atomic E-state index is -0.733. The zero-order valence-electron chi connectivity index (χ0n) is 20.0. The molecule has 4 rings (SSSR count). The van der Waals surface area contributed by atoms with E-state index in [1.165, 1.54) is 20.3 Å². The van der Waals surface area contributed by atoms with Gasteiger partial charge in [-0.1, -0.05) is 0 Å². The lowest BCUT2D eigenvalue weighted by Crippen LogP contribution is -2.43. The van der Waals surface area contributed by atoms with Crippen LogP contribution in [0.2, 0.25) is 0 Å². The van der Waals surface area contributed by atoms with Crippen LogP contribution < -0.4 is 29.7 Å². The summed E-state index contributed by atoms with van der Waals surface area (Å²) in [6, 6.07) is 7.09. The number of rotatable bonds is 9. The van der Waals surface area contributed by atoms with E-state index < -0.39 is 11.6 Å². The number of benzene rings is 2. The van der Waals surface area contributed by atoms with Crippen molar-refractivity contribution in [3.63, 3.8) is 0 Å². The molecule has 0 bridgehead atoms. The largest absolute Gasteiger partial charge is 0.495 e. The number of nitrogens with zero attached hydrogens (tertiary/aromatic N) is 3. The van der Waals surface area contributed by atoms with Crippen LogP contribution >= 0.6 is 0 Å². The van der Waals surface area contributed by atoms with E-state index in [0.717, 1.165) is 48.9 Å². The number of piperazine rings is 1. The summed E-state index contributed by atoms with van der Waals surface area (Å²) in [7, 11) is 4.31. The molecule has 1 saturated heterocycles. The first-order valence-corrected chi connectivity index (χ1v) is 11.3. The Balaban J connectivity index is 1.43. The molecule has 8 nitrogen and oxygen atoms in total. The fourth-order valence-corrected chi connectivity index (χ4v) is 4.03. The number of aryl methyl sites for hydroxylation is 1. The summed E-state index contributed by atoms with van der Waals surface area (Å²) in [5.41, 5.74) is 2.48. The van der Waals surface area contributed by atoms with Gasteiger partial charge in [0.25, 0.3) is 0 Å². The van der Waals surface area contributed by atoms with Gasteiger partial charge in [0.15, 0.2) is 23.1 Å². The minimum absolute atomic E-state index is 0.0625. The van der Waals surface area contributed by atoms with Crippen LogP contribution in [0.25, 0.3) is 0 Å². The molecule has 2 N–H and O–H groups in total.